The number of rotatable bonds is 4. The molecule has 1 aromatic rings. The molecule has 1 aliphatic heterocycles. The molecule has 1 aromatic heterocycles. The van der Waals surface area contributed by atoms with Crippen LogP contribution in [0.25, 0.3) is 0 Å². The summed E-state index contributed by atoms with van der Waals surface area (Å²) in [5.41, 5.74) is 0.502. The van der Waals surface area contributed by atoms with Crippen molar-refractivity contribution in [3.05, 3.63) is 29.0 Å². The lowest BCUT2D eigenvalue weighted by Gasteiger charge is -2.21. The smallest absolute Gasteiger partial charge is 0.252 e. The van der Waals surface area contributed by atoms with Crippen LogP contribution < -0.4 is 5.32 Å². The fourth-order valence-electron chi connectivity index (χ4n) is 2.06. The number of hydrogen-bond donors (Lipinski definition) is 1. The summed E-state index contributed by atoms with van der Waals surface area (Å²) in [5, 5.41) is 3.36. The lowest BCUT2D eigenvalue weighted by atomic mass is 9.99. The molecule has 0 unspecified atom stereocenters. The third-order valence-corrected chi connectivity index (χ3v) is 3.27. The second kappa shape index (κ2) is 6.71. The van der Waals surface area contributed by atoms with Crippen LogP contribution in [0.15, 0.2) is 18.5 Å². The summed E-state index contributed by atoms with van der Waals surface area (Å²) in [7, 11) is 0. The van der Waals surface area contributed by atoms with Crippen molar-refractivity contribution in [2.24, 2.45) is 5.92 Å². The minimum absolute atomic E-state index is 0.123. The highest BCUT2D eigenvalue weighted by Gasteiger charge is 2.14. The zero-order chi connectivity index (χ0) is 12.8. The Labute approximate surface area is 112 Å². The van der Waals surface area contributed by atoms with E-state index in [-0.39, 0.29) is 5.91 Å². The lowest BCUT2D eigenvalue weighted by Crippen LogP contribution is -2.28. The number of nitrogens with one attached hydrogen (secondary N) is 1. The van der Waals surface area contributed by atoms with Gasteiger partial charge in [-0.2, -0.15) is 0 Å². The van der Waals surface area contributed by atoms with Gasteiger partial charge in [-0.3, -0.25) is 9.78 Å². The van der Waals surface area contributed by atoms with Crippen molar-refractivity contribution < 1.29 is 9.53 Å². The molecule has 1 saturated heterocycles. The van der Waals surface area contributed by atoms with Crippen LogP contribution in [0, 0.1) is 5.92 Å². The summed E-state index contributed by atoms with van der Waals surface area (Å²) in [5.74, 6) is 0.443. The largest absolute Gasteiger partial charge is 0.381 e. The molecular formula is C13H17ClN2O2. The Bertz CT molecular complexity index is 406. The molecule has 1 atom stereocenters. The molecule has 0 aromatic carbocycles. The van der Waals surface area contributed by atoms with E-state index in [1.807, 2.05) is 0 Å². The normalized spacial score (nSPS) is 19.5. The Morgan fingerprint density at radius 2 is 2.44 bits per heavy atom. The summed E-state index contributed by atoms with van der Waals surface area (Å²) in [6, 6.07) is 1.62. The molecule has 1 N–H and O–H groups in total. The van der Waals surface area contributed by atoms with Gasteiger partial charge in [-0.1, -0.05) is 11.6 Å². The van der Waals surface area contributed by atoms with Gasteiger partial charge >= 0.3 is 0 Å². The maximum Gasteiger partial charge on any atom is 0.252 e. The molecule has 4 nitrogen and oxygen atoms in total. The van der Waals surface area contributed by atoms with E-state index in [1.165, 1.54) is 18.8 Å². The second-order valence-electron chi connectivity index (χ2n) is 4.52. The topological polar surface area (TPSA) is 51.2 Å². The quantitative estimate of drug-likeness (QED) is 0.911. The lowest BCUT2D eigenvalue weighted by molar-refractivity contribution is 0.0514. The first-order chi connectivity index (χ1) is 8.75. The maximum absolute atomic E-state index is 11.8. The highest BCUT2D eigenvalue weighted by atomic mass is 35.5. The van der Waals surface area contributed by atoms with E-state index in [2.05, 4.69) is 10.3 Å². The van der Waals surface area contributed by atoms with Crippen LogP contribution in [0.5, 0.6) is 0 Å². The summed E-state index contributed by atoms with van der Waals surface area (Å²) < 4.78 is 5.40. The monoisotopic (exact) mass is 268 g/mol. The summed E-state index contributed by atoms with van der Waals surface area (Å²) >= 11 is 5.79. The molecule has 18 heavy (non-hydrogen) atoms. The number of halogens is 1. The van der Waals surface area contributed by atoms with Crippen LogP contribution in [0.2, 0.25) is 5.02 Å². The van der Waals surface area contributed by atoms with Crippen LogP contribution in [0.3, 0.4) is 0 Å². The number of hydrogen-bond acceptors (Lipinski definition) is 3. The fraction of sp³-hybridized carbons (Fsp3) is 0.538. The highest BCUT2D eigenvalue weighted by Crippen LogP contribution is 2.16. The highest BCUT2D eigenvalue weighted by molar-refractivity contribution is 6.30. The predicted octanol–water partition coefficient (Wildman–Crippen LogP) is 2.28. The van der Waals surface area contributed by atoms with Gasteiger partial charge in [0.15, 0.2) is 0 Å². The minimum atomic E-state index is -0.123. The van der Waals surface area contributed by atoms with E-state index < -0.39 is 0 Å². The van der Waals surface area contributed by atoms with Crippen LogP contribution >= 0.6 is 11.6 Å². The fourth-order valence-corrected chi connectivity index (χ4v) is 2.24. The summed E-state index contributed by atoms with van der Waals surface area (Å²) in [6.07, 6.45) is 6.30. The minimum Gasteiger partial charge on any atom is -0.381 e. The van der Waals surface area contributed by atoms with Crippen molar-refractivity contribution in [3.63, 3.8) is 0 Å². The number of pyridine rings is 1. The zero-order valence-corrected chi connectivity index (χ0v) is 10.9. The van der Waals surface area contributed by atoms with Gasteiger partial charge in [0, 0.05) is 32.2 Å². The SMILES string of the molecule is O=C(NCC[C@H]1CCCOC1)c1cncc(Cl)c1. The molecule has 98 valence electrons. The van der Waals surface area contributed by atoms with Crippen molar-refractivity contribution in [2.75, 3.05) is 19.8 Å². The van der Waals surface area contributed by atoms with Gasteiger partial charge in [-0.15, -0.1) is 0 Å². The Hall–Kier alpha value is -1.13. The number of nitrogens with zero attached hydrogens (tertiary/aromatic N) is 1. The molecule has 1 aliphatic rings. The van der Waals surface area contributed by atoms with E-state index in [0.717, 1.165) is 26.1 Å². The number of carbonyl (C=O) groups is 1. The van der Waals surface area contributed by atoms with Crippen LogP contribution in [0.4, 0.5) is 0 Å². The molecule has 0 spiro atoms. The van der Waals surface area contributed by atoms with Gasteiger partial charge in [0.25, 0.3) is 5.91 Å². The van der Waals surface area contributed by atoms with E-state index in [0.29, 0.717) is 23.0 Å². The van der Waals surface area contributed by atoms with Gasteiger partial charge in [0.05, 0.1) is 10.6 Å². The molecule has 5 heteroatoms. The van der Waals surface area contributed by atoms with Gasteiger partial charge in [0.2, 0.25) is 0 Å². The van der Waals surface area contributed by atoms with Gasteiger partial charge in [0.1, 0.15) is 0 Å². The van der Waals surface area contributed by atoms with E-state index in [1.54, 1.807) is 6.07 Å². The first kappa shape index (κ1) is 13.3. The Kier molecular flexibility index (Phi) is 4.96. The van der Waals surface area contributed by atoms with Crippen molar-refractivity contribution in [1.82, 2.24) is 10.3 Å². The van der Waals surface area contributed by atoms with Crippen LogP contribution in [-0.4, -0.2) is 30.6 Å². The molecular weight excluding hydrogens is 252 g/mol. The van der Waals surface area contributed by atoms with Gasteiger partial charge in [-0.25, -0.2) is 0 Å². The third kappa shape index (κ3) is 3.96. The first-order valence-electron chi connectivity index (χ1n) is 6.22. The number of ether oxygens (including phenoxy) is 1. The number of amides is 1. The average molecular weight is 269 g/mol. The number of aromatic nitrogens is 1. The average Bonchev–Trinajstić information content (AvgIpc) is 2.40. The molecule has 0 radical (unpaired) electrons. The molecule has 1 amide bonds. The molecule has 0 aliphatic carbocycles. The van der Waals surface area contributed by atoms with Crippen LogP contribution in [-0.2, 0) is 4.74 Å². The Balaban J connectivity index is 1.74. The third-order valence-electron chi connectivity index (χ3n) is 3.06. The summed E-state index contributed by atoms with van der Waals surface area (Å²) in [4.78, 5) is 15.7. The van der Waals surface area contributed by atoms with Crippen molar-refractivity contribution >= 4 is 17.5 Å². The molecule has 1 fully saturated rings. The first-order valence-corrected chi connectivity index (χ1v) is 6.60. The Morgan fingerprint density at radius 1 is 1.56 bits per heavy atom. The summed E-state index contributed by atoms with van der Waals surface area (Å²) in [6.45, 7) is 2.35. The van der Waals surface area contributed by atoms with Crippen molar-refractivity contribution in [2.45, 2.75) is 19.3 Å². The molecule has 2 rings (SSSR count). The zero-order valence-electron chi connectivity index (χ0n) is 10.2. The van der Waals surface area contributed by atoms with Crippen molar-refractivity contribution in [3.8, 4) is 0 Å². The van der Waals surface area contributed by atoms with E-state index in [9.17, 15) is 4.79 Å². The molecule has 0 bridgehead atoms. The van der Waals surface area contributed by atoms with Crippen LogP contribution in [0.1, 0.15) is 29.6 Å². The predicted molar refractivity (Wildman–Crippen MR) is 69.7 cm³/mol. The second-order valence-corrected chi connectivity index (χ2v) is 4.96. The maximum atomic E-state index is 11.8. The van der Waals surface area contributed by atoms with E-state index >= 15 is 0 Å². The Morgan fingerprint density at radius 3 is 3.17 bits per heavy atom. The number of carbonyl (C=O) groups excluding carboxylic acids is 1. The van der Waals surface area contributed by atoms with Gasteiger partial charge < -0.3 is 10.1 Å². The van der Waals surface area contributed by atoms with E-state index in [4.69, 9.17) is 16.3 Å². The molecule has 2 heterocycles. The molecule has 0 saturated carbocycles. The van der Waals surface area contributed by atoms with Gasteiger partial charge in [-0.05, 0) is 31.2 Å². The standard InChI is InChI=1S/C13H17ClN2O2/c14-12-6-11(7-15-8-12)13(17)16-4-3-10-2-1-5-18-9-10/h6-8,10H,1-5,9H2,(H,16,17)/t10-/m1/s1. The van der Waals surface area contributed by atoms with Crippen molar-refractivity contribution in [1.29, 1.82) is 0 Å².